The molecule has 0 atom stereocenters. The number of hydrogen-bond acceptors (Lipinski definition) is 7. The maximum Gasteiger partial charge on any atom is 0.270 e. The molecule has 19 heavy (non-hydrogen) atoms. The molecule has 0 bridgehead atoms. The van der Waals surface area contributed by atoms with E-state index in [1.165, 1.54) is 11.3 Å². The first kappa shape index (κ1) is 13.3. The Morgan fingerprint density at radius 2 is 2.26 bits per heavy atom. The summed E-state index contributed by atoms with van der Waals surface area (Å²) in [7, 11) is 0. The molecular formula is C11H14N6OS. The third-order valence-electron chi connectivity index (χ3n) is 2.31. The number of nitrogens with one attached hydrogen (secondary N) is 1. The number of carbonyl (C=O) groups excluding carboxylic acids is 1. The van der Waals surface area contributed by atoms with Gasteiger partial charge in [0.05, 0.1) is 6.54 Å². The molecule has 0 fully saturated rings. The number of aromatic nitrogens is 4. The van der Waals surface area contributed by atoms with Crippen LogP contribution in [-0.2, 0) is 6.54 Å². The Hall–Kier alpha value is -2.09. The number of nitrogens with zero attached hydrogens (tertiary/aromatic N) is 4. The molecule has 0 aliphatic carbocycles. The first-order chi connectivity index (χ1) is 9.06. The van der Waals surface area contributed by atoms with Gasteiger partial charge in [0, 0.05) is 12.1 Å². The summed E-state index contributed by atoms with van der Waals surface area (Å²) in [5, 5.41) is 11.3. The Morgan fingerprint density at radius 1 is 1.47 bits per heavy atom. The summed E-state index contributed by atoms with van der Waals surface area (Å²) in [6.45, 7) is 4.23. The number of rotatable bonds is 4. The number of anilines is 1. The lowest BCUT2D eigenvalue weighted by Gasteiger charge is -2.06. The number of amides is 1. The maximum absolute atomic E-state index is 11.9. The second-order valence-corrected chi connectivity index (χ2v) is 5.27. The summed E-state index contributed by atoms with van der Waals surface area (Å²) in [5.41, 5.74) is 5.80. The molecule has 0 saturated heterocycles. The number of hydrogen-bond donors (Lipinski definition) is 2. The average molecular weight is 278 g/mol. The summed E-state index contributed by atoms with van der Waals surface area (Å²) < 4.78 is 0. The summed E-state index contributed by atoms with van der Waals surface area (Å²) >= 11 is 1.24. The fraction of sp³-hybridized carbons (Fsp3) is 0.364. The Balaban J connectivity index is 2.01. The third-order valence-corrected chi connectivity index (χ3v) is 3.06. The summed E-state index contributed by atoms with van der Waals surface area (Å²) in [4.78, 5) is 20.2. The van der Waals surface area contributed by atoms with Crippen molar-refractivity contribution in [2.75, 3.05) is 5.73 Å². The van der Waals surface area contributed by atoms with Crippen molar-refractivity contribution in [2.24, 2.45) is 0 Å². The van der Waals surface area contributed by atoms with Gasteiger partial charge in [-0.25, -0.2) is 9.97 Å². The molecule has 1 amide bonds. The van der Waals surface area contributed by atoms with Gasteiger partial charge in [-0.05, 0) is 6.07 Å². The maximum atomic E-state index is 11.9. The van der Waals surface area contributed by atoms with Crippen LogP contribution in [0.1, 0.15) is 41.1 Å². The van der Waals surface area contributed by atoms with E-state index in [0.29, 0.717) is 21.7 Å². The fourth-order valence-corrected chi connectivity index (χ4v) is 1.91. The lowest BCUT2D eigenvalue weighted by atomic mass is 10.2. The average Bonchev–Trinajstić information content (AvgIpc) is 2.82. The highest BCUT2D eigenvalue weighted by molar-refractivity contribution is 7.15. The van der Waals surface area contributed by atoms with Crippen LogP contribution in [0.25, 0.3) is 0 Å². The molecule has 0 aliphatic heterocycles. The Bertz CT molecular complexity index is 582. The van der Waals surface area contributed by atoms with Crippen LogP contribution < -0.4 is 11.1 Å². The molecule has 2 aromatic heterocycles. The molecule has 0 saturated carbocycles. The van der Waals surface area contributed by atoms with Crippen molar-refractivity contribution < 1.29 is 4.79 Å². The Kier molecular flexibility index (Phi) is 4.00. The van der Waals surface area contributed by atoms with Crippen molar-refractivity contribution in [1.82, 2.24) is 25.5 Å². The van der Waals surface area contributed by atoms with E-state index in [1.807, 2.05) is 13.8 Å². The predicted octanol–water partition coefficient (Wildman–Crippen LogP) is 0.964. The highest BCUT2D eigenvalue weighted by Crippen LogP contribution is 2.11. The molecule has 8 heteroatoms. The lowest BCUT2D eigenvalue weighted by Crippen LogP contribution is -2.24. The van der Waals surface area contributed by atoms with Gasteiger partial charge in [0.25, 0.3) is 5.91 Å². The van der Waals surface area contributed by atoms with Gasteiger partial charge >= 0.3 is 0 Å². The van der Waals surface area contributed by atoms with Crippen molar-refractivity contribution in [3.63, 3.8) is 0 Å². The van der Waals surface area contributed by atoms with Gasteiger partial charge in [-0.3, -0.25) is 4.79 Å². The van der Waals surface area contributed by atoms with Crippen molar-refractivity contribution in [3.8, 4) is 0 Å². The van der Waals surface area contributed by atoms with Crippen LogP contribution in [0.2, 0.25) is 0 Å². The summed E-state index contributed by atoms with van der Waals surface area (Å²) in [6.07, 6.45) is 1.58. The summed E-state index contributed by atoms with van der Waals surface area (Å²) in [6, 6.07) is 1.58. The van der Waals surface area contributed by atoms with E-state index in [2.05, 4.69) is 25.5 Å². The first-order valence-electron chi connectivity index (χ1n) is 5.75. The van der Waals surface area contributed by atoms with Crippen LogP contribution >= 0.6 is 11.3 Å². The second kappa shape index (κ2) is 5.70. The molecule has 2 heterocycles. The molecule has 0 spiro atoms. The van der Waals surface area contributed by atoms with E-state index in [4.69, 9.17) is 5.73 Å². The molecular weight excluding hydrogens is 264 g/mol. The zero-order valence-electron chi connectivity index (χ0n) is 10.6. The molecule has 0 unspecified atom stereocenters. The quantitative estimate of drug-likeness (QED) is 0.862. The van der Waals surface area contributed by atoms with Crippen LogP contribution in [-0.4, -0.2) is 26.1 Å². The van der Waals surface area contributed by atoms with Gasteiger partial charge in [0.15, 0.2) is 0 Å². The molecule has 0 aliphatic rings. The second-order valence-electron chi connectivity index (χ2n) is 4.17. The van der Waals surface area contributed by atoms with E-state index in [-0.39, 0.29) is 18.4 Å². The number of nitrogens with two attached hydrogens (primary N) is 1. The van der Waals surface area contributed by atoms with E-state index in [9.17, 15) is 4.79 Å². The van der Waals surface area contributed by atoms with Crippen LogP contribution in [0.15, 0.2) is 12.3 Å². The molecule has 0 aromatic carbocycles. The number of nitrogen functional groups attached to an aromatic ring is 1. The van der Waals surface area contributed by atoms with Gasteiger partial charge in [0.1, 0.15) is 16.5 Å². The van der Waals surface area contributed by atoms with Gasteiger partial charge in [-0.2, -0.15) is 0 Å². The van der Waals surface area contributed by atoms with Crippen LogP contribution in [0.3, 0.4) is 0 Å². The van der Waals surface area contributed by atoms with E-state index in [1.54, 1.807) is 12.3 Å². The molecule has 0 radical (unpaired) electrons. The standard InChI is InChI=1S/C11H14N6OS/c1-6(2)9-13-4-3-7(15-9)10(18)14-5-8-16-17-11(12)19-8/h3-4,6H,5H2,1-2H3,(H2,12,17)(H,14,18). The Labute approximate surface area is 114 Å². The predicted molar refractivity (Wildman–Crippen MR) is 71.6 cm³/mol. The monoisotopic (exact) mass is 278 g/mol. The smallest absolute Gasteiger partial charge is 0.270 e. The Morgan fingerprint density at radius 3 is 2.89 bits per heavy atom. The van der Waals surface area contributed by atoms with Crippen molar-refractivity contribution in [1.29, 1.82) is 0 Å². The molecule has 3 N–H and O–H groups in total. The minimum absolute atomic E-state index is 0.177. The minimum atomic E-state index is -0.266. The van der Waals surface area contributed by atoms with Crippen molar-refractivity contribution in [3.05, 3.63) is 28.8 Å². The van der Waals surface area contributed by atoms with Gasteiger partial charge in [-0.15, -0.1) is 10.2 Å². The zero-order chi connectivity index (χ0) is 13.8. The highest BCUT2D eigenvalue weighted by atomic mass is 32.1. The first-order valence-corrected chi connectivity index (χ1v) is 6.57. The van der Waals surface area contributed by atoms with Crippen LogP contribution in [0.4, 0.5) is 5.13 Å². The van der Waals surface area contributed by atoms with Crippen molar-refractivity contribution in [2.45, 2.75) is 26.3 Å². The van der Waals surface area contributed by atoms with Crippen LogP contribution in [0.5, 0.6) is 0 Å². The zero-order valence-corrected chi connectivity index (χ0v) is 11.4. The molecule has 2 aromatic rings. The van der Waals surface area contributed by atoms with Gasteiger partial charge in [-0.1, -0.05) is 25.2 Å². The molecule has 100 valence electrons. The van der Waals surface area contributed by atoms with E-state index in [0.717, 1.165) is 0 Å². The van der Waals surface area contributed by atoms with Gasteiger partial charge in [0.2, 0.25) is 5.13 Å². The van der Waals surface area contributed by atoms with Crippen molar-refractivity contribution >= 4 is 22.4 Å². The third kappa shape index (κ3) is 3.44. The van der Waals surface area contributed by atoms with E-state index < -0.39 is 0 Å². The minimum Gasteiger partial charge on any atom is -0.374 e. The normalized spacial score (nSPS) is 10.7. The molecule has 2 rings (SSSR count). The summed E-state index contributed by atoms with van der Waals surface area (Å²) in [5.74, 6) is 0.557. The van der Waals surface area contributed by atoms with Crippen LogP contribution in [0, 0.1) is 0 Å². The van der Waals surface area contributed by atoms with Gasteiger partial charge < -0.3 is 11.1 Å². The highest BCUT2D eigenvalue weighted by Gasteiger charge is 2.11. The largest absolute Gasteiger partial charge is 0.374 e. The lowest BCUT2D eigenvalue weighted by molar-refractivity contribution is 0.0945. The van der Waals surface area contributed by atoms with E-state index >= 15 is 0 Å². The molecule has 7 nitrogen and oxygen atoms in total. The SMILES string of the molecule is CC(C)c1nccc(C(=O)NCc2nnc(N)s2)n1. The topological polar surface area (TPSA) is 107 Å². The fourth-order valence-electron chi connectivity index (χ4n) is 1.36. The number of carbonyl (C=O) groups is 1.